The summed E-state index contributed by atoms with van der Waals surface area (Å²) < 4.78 is 38.0. The van der Waals surface area contributed by atoms with Crippen LogP contribution in [0.4, 0.5) is 10.1 Å². The fourth-order valence-corrected chi connectivity index (χ4v) is 3.96. The highest BCUT2D eigenvalue weighted by Gasteiger charge is 2.27. The van der Waals surface area contributed by atoms with Crippen LogP contribution < -0.4 is 5.73 Å². The molecule has 1 fully saturated rings. The SMILES string of the molecule is Nc1cc(F)cc(-c2nnnn2C2CCS(=O)(=O)CC2)c1. The van der Waals surface area contributed by atoms with Gasteiger partial charge in [-0.25, -0.2) is 17.5 Å². The molecule has 3 rings (SSSR count). The number of tetrazole rings is 1. The lowest BCUT2D eigenvalue weighted by molar-refractivity contribution is 0.408. The number of nitrogens with two attached hydrogens (primary N) is 1. The first-order valence-corrected chi connectivity index (χ1v) is 8.31. The predicted molar refractivity (Wildman–Crippen MR) is 74.5 cm³/mol. The Morgan fingerprint density at radius 3 is 2.62 bits per heavy atom. The maximum atomic E-state index is 13.5. The average molecular weight is 311 g/mol. The van der Waals surface area contributed by atoms with E-state index >= 15 is 0 Å². The Bertz CT molecular complexity index is 739. The fraction of sp³-hybridized carbons (Fsp3) is 0.417. The number of hydrogen-bond donors (Lipinski definition) is 1. The zero-order chi connectivity index (χ0) is 15.0. The number of aromatic nitrogens is 4. The number of sulfone groups is 1. The quantitative estimate of drug-likeness (QED) is 0.823. The molecule has 0 saturated carbocycles. The number of nitrogens with zero attached hydrogens (tertiary/aromatic N) is 4. The van der Waals surface area contributed by atoms with Gasteiger partial charge in [0.2, 0.25) is 0 Å². The average Bonchev–Trinajstić information content (AvgIpc) is 2.86. The summed E-state index contributed by atoms with van der Waals surface area (Å²) >= 11 is 0. The zero-order valence-electron chi connectivity index (χ0n) is 11.1. The van der Waals surface area contributed by atoms with Gasteiger partial charge in [-0.1, -0.05) is 0 Å². The summed E-state index contributed by atoms with van der Waals surface area (Å²) in [6.07, 6.45) is 0.899. The third-order valence-corrected chi connectivity index (χ3v) is 5.26. The van der Waals surface area contributed by atoms with E-state index in [0.717, 1.165) is 0 Å². The maximum absolute atomic E-state index is 13.5. The van der Waals surface area contributed by atoms with Gasteiger partial charge in [0.25, 0.3) is 0 Å². The Labute approximate surface area is 120 Å². The highest BCUT2D eigenvalue weighted by Crippen LogP contribution is 2.28. The molecule has 0 bridgehead atoms. The molecule has 9 heteroatoms. The molecule has 1 aliphatic rings. The number of halogens is 1. The van der Waals surface area contributed by atoms with E-state index in [2.05, 4.69) is 15.5 Å². The largest absolute Gasteiger partial charge is 0.399 e. The molecule has 2 N–H and O–H groups in total. The van der Waals surface area contributed by atoms with Gasteiger partial charge in [-0.2, -0.15) is 0 Å². The lowest BCUT2D eigenvalue weighted by Crippen LogP contribution is -2.26. The van der Waals surface area contributed by atoms with Crippen LogP contribution in [0.1, 0.15) is 18.9 Å². The molecular weight excluding hydrogens is 297 g/mol. The molecular formula is C12H14FN5O2S. The van der Waals surface area contributed by atoms with E-state index < -0.39 is 15.7 Å². The third kappa shape index (κ3) is 2.87. The summed E-state index contributed by atoms with van der Waals surface area (Å²) in [4.78, 5) is 0. The van der Waals surface area contributed by atoms with E-state index in [1.165, 1.54) is 12.1 Å². The molecule has 1 aromatic carbocycles. The van der Waals surface area contributed by atoms with Crippen LogP contribution >= 0.6 is 0 Å². The van der Waals surface area contributed by atoms with Gasteiger partial charge in [-0.3, -0.25) is 0 Å². The van der Waals surface area contributed by atoms with Crippen LogP contribution in [0, 0.1) is 5.82 Å². The molecule has 0 atom stereocenters. The number of hydrogen-bond acceptors (Lipinski definition) is 6. The summed E-state index contributed by atoms with van der Waals surface area (Å²) in [6, 6.07) is 4.00. The molecule has 112 valence electrons. The lowest BCUT2D eigenvalue weighted by Gasteiger charge is -2.22. The van der Waals surface area contributed by atoms with Crippen molar-refractivity contribution in [3.05, 3.63) is 24.0 Å². The van der Waals surface area contributed by atoms with E-state index in [-0.39, 0.29) is 23.2 Å². The summed E-state index contributed by atoms with van der Waals surface area (Å²) in [6.45, 7) is 0. The smallest absolute Gasteiger partial charge is 0.182 e. The summed E-state index contributed by atoms with van der Waals surface area (Å²) in [5.74, 6) is 0.154. The Hall–Kier alpha value is -2.03. The minimum atomic E-state index is -2.96. The highest BCUT2D eigenvalue weighted by atomic mass is 32.2. The first kappa shape index (κ1) is 13.9. The first-order valence-electron chi connectivity index (χ1n) is 6.49. The van der Waals surface area contributed by atoms with Crippen molar-refractivity contribution >= 4 is 15.5 Å². The van der Waals surface area contributed by atoms with Gasteiger partial charge in [-0.05, 0) is 41.5 Å². The van der Waals surface area contributed by atoms with Crippen molar-refractivity contribution in [2.75, 3.05) is 17.2 Å². The fourth-order valence-electron chi connectivity index (χ4n) is 2.49. The van der Waals surface area contributed by atoms with E-state index in [4.69, 9.17) is 5.73 Å². The van der Waals surface area contributed by atoms with E-state index in [1.54, 1.807) is 10.7 Å². The Morgan fingerprint density at radius 2 is 1.95 bits per heavy atom. The monoisotopic (exact) mass is 311 g/mol. The van der Waals surface area contributed by atoms with Crippen molar-refractivity contribution in [2.24, 2.45) is 0 Å². The van der Waals surface area contributed by atoms with Crippen LogP contribution in [0.15, 0.2) is 18.2 Å². The van der Waals surface area contributed by atoms with Gasteiger partial charge in [-0.15, -0.1) is 5.10 Å². The van der Waals surface area contributed by atoms with Gasteiger partial charge < -0.3 is 5.73 Å². The molecule has 1 saturated heterocycles. The Balaban J connectivity index is 1.94. The molecule has 2 heterocycles. The third-order valence-electron chi connectivity index (χ3n) is 3.54. The van der Waals surface area contributed by atoms with Crippen LogP contribution in [0.5, 0.6) is 0 Å². The van der Waals surface area contributed by atoms with Gasteiger partial charge in [0.05, 0.1) is 17.5 Å². The van der Waals surface area contributed by atoms with Crippen molar-refractivity contribution in [2.45, 2.75) is 18.9 Å². The van der Waals surface area contributed by atoms with Crippen molar-refractivity contribution in [1.29, 1.82) is 0 Å². The van der Waals surface area contributed by atoms with Crippen LogP contribution in [0.2, 0.25) is 0 Å². The van der Waals surface area contributed by atoms with Gasteiger partial charge in [0, 0.05) is 11.3 Å². The van der Waals surface area contributed by atoms with E-state index in [0.29, 0.717) is 24.2 Å². The van der Waals surface area contributed by atoms with E-state index in [9.17, 15) is 12.8 Å². The highest BCUT2D eigenvalue weighted by molar-refractivity contribution is 7.91. The predicted octanol–water partition coefficient (Wildman–Crippen LogP) is 0.811. The van der Waals surface area contributed by atoms with Crippen molar-refractivity contribution < 1.29 is 12.8 Å². The Kier molecular flexibility index (Phi) is 3.36. The second kappa shape index (κ2) is 5.06. The van der Waals surface area contributed by atoms with Crippen molar-refractivity contribution in [3.63, 3.8) is 0 Å². The normalized spacial score (nSPS) is 18.7. The van der Waals surface area contributed by atoms with Crippen LogP contribution in [0.25, 0.3) is 11.4 Å². The second-order valence-electron chi connectivity index (χ2n) is 5.10. The summed E-state index contributed by atoms with van der Waals surface area (Å²) in [5.41, 5.74) is 6.39. The molecule has 0 spiro atoms. The minimum Gasteiger partial charge on any atom is -0.399 e. The van der Waals surface area contributed by atoms with Crippen LogP contribution in [-0.4, -0.2) is 40.1 Å². The molecule has 0 amide bonds. The molecule has 7 nitrogen and oxygen atoms in total. The van der Waals surface area contributed by atoms with E-state index in [1.807, 2.05) is 0 Å². The maximum Gasteiger partial charge on any atom is 0.182 e. The van der Waals surface area contributed by atoms with Gasteiger partial charge in [0.1, 0.15) is 15.7 Å². The molecule has 1 aliphatic heterocycles. The number of benzene rings is 1. The van der Waals surface area contributed by atoms with Crippen molar-refractivity contribution in [3.8, 4) is 11.4 Å². The molecule has 0 aliphatic carbocycles. The molecule has 21 heavy (non-hydrogen) atoms. The topological polar surface area (TPSA) is 104 Å². The molecule has 0 unspecified atom stereocenters. The van der Waals surface area contributed by atoms with Crippen LogP contribution in [0.3, 0.4) is 0 Å². The summed E-state index contributed by atoms with van der Waals surface area (Å²) in [7, 11) is -2.96. The van der Waals surface area contributed by atoms with Crippen LogP contribution in [-0.2, 0) is 9.84 Å². The minimum absolute atomic E-state index is 0.108. The zero-order valence-corrected chi connectivity index (χ0v) is 11.9. The molecule has 0 radical (unpaired) electrons. The number of nitrogen functional groups attached to an aromatic ring is 1. The number of rotatable bonds is 2. The first-order chi connectivity index (χ1) is 9.94. The second-order valence-corrected chi connectivity index (χ2v) is 7.41. The summed E-state index contributed by atoms with van der Waals surface area (Å²) in [5, 5.41) is 11.5. The Morgan fingerprint density at radius 1 is 1.24 bits per heavy atom. The molecule has 2 aromatic rings. The lowest BCUT2D eigenvalue weighted by atomic mass is 10.1. The van der Waals surface area contributed by atoms with Crippen molar-refractivity contribution in [1.82, 2.24) is 20.2 Å². The molecule has 1 aromatic heterocycles. The number of anilines is 1. The van der Waals surface area contributed by atoms with Gasteiger partial charge in [0.15, 0.2) is 5.82 Å². The standard InChI is InChI=1S/C12H14FN5O2S/c13-9-5-8(6-10(14)7-9)12-15-16-17-18(12)11-1-3-21(19,20)4-2-11/h5-7,11H,1-4,14H2. The van der Waals surface area contributed by atoms with Gasteiger partial charge >= 0.3 is 0 Å².